The maximum atomic E-state index is 12.7. The molecule has 1 amide bonds. The molecule has 1 atom stereocenters. The van der Waals surface area contributed by atoms with E-state index in [4.69, 9.17) is 0 Å². The fourth-order valence-electron chi connectivity index (χ4n) is 4.24. The van der Waals surface area contributed by atoms with Crippen LogP contribution in [0.1, 0.15) is 73.5 Å². The molecule has 0 radical (unpaired) electrons. The topological polar surface area (TPSA) is 74.4 Å². The molecule has 3 N–H and O–H groups in total. The van der Waals surface area contributed by atoms with Crippen molar-refractivity contribution < 1.29 is 10.1 Å². The number of rotatable bonds is 6. The molecule has 148 valence electrons. The van der Waals surface area contributed by atoms with E-state index in [9.17, 15) is 10.1 Å². The first kappa shape index (κ1) is 20.2. The number of nitrogens with two attached hydrogens (primary N) is 1. The Hall–Kier alpha value is -2.58. The van der Waals surface area contributed by atoms with E-state index in [0.717, 1.165) is 24.1 Å². The second-order valence-corrected chi connectivity index (χ2v) is 7.90. The average Bonchev–Trinajstić information content (AvgIpc) is 2.96. The monoisotopic (exact) mass is 379 g/mol. The molecule has 1 heterocycles. The summed E-state index contributed by atoms with van der Waals surface area (Å²) in [6.07, 6.45) is 5.91. The second-order valence-electron chi connectivity index (χ2n) is 7.90. The van der Waals surface area contributed by atoms with Crippen LogP contribution in [-0.4, -0.2) is 17.0 Å². The van der Waals surface area contributed by atoms with Gasteiger partial charge in [-0.25, -0.2) is 0 Å². The van der Waals surface area contributed by atoms with Crippen LogP contribution in [0.5, 0.6) is 0 Å². The molecular formula is C23H31N4O+. The summed E-state index contributed by atoms with van der Waals surface area (Å²) < 4.78 is 2.21. The molecule has 5 nitrogen and oxygen atoms in total. The maximum absolute atomic E-state index is 12.7. The van der Waals surface area contributed by atoms with Gasteiger partial charge in [0.05, 0.1) is 5.56 Å². The summed E-state index contributed by atoms with van der Waals surface area (Å²) >= 11 is 0. The molecular weight excluding hydrogens is 348 g/mol. The van der Waals surface area contributed by atoms with Gasteiger partial charge in [-0.1, -0.05) is 49.6 Å². The van der Waals surface area contributed by atoms with E-state index in [1.807, 2.05) is 30.4 Å². The number of aromatic nitrogens is 1. The van der Waals surface area contributed by atoms with Crippen LogP contribution in [0.25, 0.3) is 0 Å². The second kappa shape index (κ2) is 9.07. The third-order valence-electron chi connectivity index (χ3n) is 6.05. The molecule has 1 aromatic carbocycles. The number of carbonyl (C=O) groups is 1. The molecule has 2 aromatic rings. The molecule has 28 heavy (non-hydrogen) atoms. The van der Waals surface area contributed by atoms with Crippen molar-refractivity contribution in [1.82, 2.24) is 4.57 Å². The summed E-state index contributed by atoms with van der Waals surface area (Å²) in [7, 11) is 0. The zero-order chi connectivity index (χ0) is 20.1. The quantitative estimate of drug-likeness (QED) is 0.802. The Morgan fingerprint density at radius 2 is 1.93 bits per heavy atom. The lowest BCUT2D eigenvalue weighted by Crippen LogP contribution is -2.86. The van der Waals surface area contributed by atoms with E-state index >= 15 is 0 Å². The number of amides is 1. The molecule has 1 aliphatic rings. The number of nitriles is 1. The van der Waals surface area contributed by atoms with Gasteiger partial charge in [-0.15, -0.1) is 0 Å². The molecule has 0 saturated heterocycles. The third kappa shape index (κ3) is 4.28. The summed E-state index contributed by atoms with van der Waals surface area (Å²) in [5.74, 6) is 0.629. The minimum absolute atomic E-state index is 0.0613. The third-order valence-corrected chi connectivity index (χ3v) is 6.05. The highest BCUT2D eigenvalue weighted by atomic mass is 16.2. The van der Waals surface area contributed by atoms with Crippen LogP contribution in [-0.2, 0) is 4.79 Å². The standard InChI is InChI=1S/C23H30N4O/c1-16-18(3)27(20-12-8-5-9-13-20)23(21(16)14-24)26-22(28)15-25-17(2)19-10-6-4-7-11-19/h4,6-7,10-11,17,20,25H,5,8-9,12-13,15H2,1-3H3,(H,26,28)/p+1/t17-/m0/s1. The summed E-state index contributed by atoms with van der Waals surface area (Å²) in [5, 5.41) is 14.8. The lowest BCUT2D eigenvalue weighted by Gasteiger charge is -2.27. The number of quaternary nitrogens is 1. The molecule has 1 saturated carbocycles. The lowest BCUT2D eigenvalue weighted by atomic mass is 9.95. The minimum Gasteiger partial charge on any atom is -0.333 e. The van der Waals surface area contributed by atoms with Crippen LogP contribution in [0, 0.1) is 25.2 Å². The molecule has 1 aromatic heterocycles. The van der Waals surface area contributed by atoms with E-state index in [2.05, 4.69) is 41.9 Å². The molecule has 5 heteroatoms. The first-order chi connectivity index (χ1) is 13.5. The van der Waals surface area contributed by atoms with Crippen LogP contribution in [0.3, 0.4) is 0 Å². The zero-order valence-corrected chi connectivity index (χ0v) is 17.2. The van der Waals surface area contributed by atoms with Gasteiger partial charge in [0.1, 0.15) is 17.9 Å². The minimum atomic E-state index is -0.0613. The lowest BCUT2D eigenvalue weighted by molar-refractivity contribution is -0.682. The van der Waals surface area contributed by atoms with Gasteiger partial charge in [-0.2, -0.15) is 5.26 Å². The number of nitrogens with one attached hydrogen (secondary N) is 1. The van der Waals surface area contributed by atoms with E-state index in [1.165, 1.54) is 24.8 Å². The van der Waals surface area contributed by atoms with E-state index in [-0.39, 0.29) is 11.9 Å². The number of anilines is 1. The highest BCUT2D eigenvalue weighted by Crippen LogP contribution is 2.36. The fourth-order valence-corrected chi connectivity index (χ4v) is 4.24. The zero-order valence-electron chi connectivity index (χ0n) is 17.2. The fraction of sp³-hybridized carbons (Fsp3) is 0.478. The van der Waals surface area contributed by atoms with Crippen molar-refractivity contribution in [3.05, 3.63) is 52.7 Å². The van der Waals surface area contributed by atoms with Crippen LogP contribution < -0.4 is 10.6 Å². The first-order valence-corrected chi connectivity index (χ1v) is 10.3. The molecule has 0 unspecified atom stereocenters. The number of hydrogen-bond acceptors (Lipinski definition) is 2. The predicted octanol–water partition coefficient (Wildman–Crippen LogP) is 3.74. The smallest absolute Gasteiger partial charge is 0.280 e. The van der Waals surface area contributed by atoms with Crippen molar-refractivity contribution in [3.63, 3.8) is 0 Å². The Morgan fingerprint density at radius 3 is 2.57 bits per heavy atom. The van der Waals surface area contributed by atoms with Gasteiger partial charge in [-0.05, 0) is 39.2 Å². The Balaban J connectivity index is 1.74. The van der Waals surface area contributed by atoms with Gasteiger partial charge in [0, 0.05) is 17.3 Å². The van der Waals surface area contributed by atoms with Crippen LogP contribution >= 0.6 is 0 Å². The van der Waals surface area contributed by atoms with Crippen LogP contribution in [0.2, 0.25) is 0 Å². The first-order valence-electron chi connectivity index (χ1n) is 10.3. The molecule has 3 rings (SSSR count). The highest BCUT2D eigenvalue weighted by molar-refractivity contribution is 5.92. The Labute approximate surface area is 167 Å². The summed E-state index contributed by atoms with van der Waals surface area (Å²) in [6.45, 7) is 6.47. The van der Waals surface area contributed by atoms with Crippen LogP contribution in [0.15, 0.2) is 30.3 Å². The molecule has 0 bridgehead atoms. The molecule has 0 aliphatic heterocycles. The van der Waals surface area contributed by atoms with Crippen molar-refractivity contribution in [3.8, 4) is 6.07 Å². The van der Waals surface area contributed by atoms with E-state index in [1.54, 1.807) is 0 Å². The van der Waals surface area contributed by atoms with Gasteiger partial charge in [0.15, 0.2) is 6.54 Å². The van der Waals surface area contributed by atoms with Gasteiger partial charge in [-0.3, -0.25) is 4.79 Å². The summed E-state index contributed by atoms with van der Waals surface area (Å²) in [5.41, 5.74) is 3.88. The normalized spacial score (nSPS) is 15.8. The van der Waals surface area contributed by atoms with Crippen molar-refractivity contribution >= 4 is 11.7 Å². The number of hydrogen-bond donors (Lipinski definition) is 2. The van der Waals surface area contributed by atoms with Gasteiger partial charge in [0.25, 0.3) is 5.91 Å². The van der Waals surface area contributed by atoms with Gasteiger partial charge in [0.2, 0.25) is 0 Å². The highest BCUT2D eigenvalue weighted by Gasteiger charge is 2.26. The largest absolute Gasteiger partial charge is 0.333 e. The SMILES string of the molecule is Cc1c(C#N)c(NC(=O)C[NH2+][C@@H](C)c2ccccc2)n(C2CCCCC2)c1C. The summed E-state index contributed by atoms with van der Waals surface area (Å²) in [6, 6.07) is 13.1. The number of benzene rings is 1. The van der Waals surface area contributed by atoms with Crippen LogP contribution in [0.4, 0.5) is 5.82 Å². The Bertz CT molecular complexity index is 857. The Kier molecular flexibility index (Phi) is 6.53. The van der Waals surface area contributed by atoms with Gasteiger partial charge < -0.3 is 15.2 Å². The van der Waals surface area contributed by atoms with Crippen molar-refractivity contribution in [2.75, 3.05) is 11.9 Å². The molecule has 0 spiro atoms. The van der Waals surface area contributed by atoms with Crippen molar-refractivity contribution in [1.29, 1.82) is 5.26 Å². The summed E-state index contributed by atoms with van der Waals surface area (Å²) in [4.78, 5) is 12.7. The van der Waals surface area contributed by atoms with E-state index in [0.29, 0.717) is 24.0 Å². The number of nitrogens with zero attached hydrogens (tertiary/aromatic N) is 2. The van der Waals surface area contributed by atoms with Crippen molar-refractivity contribution in [2.24, 2.45) is 0 Å². The average molecular weight is 380 g/mol. The number of carbonyl (C=O) groups excluding carboxylic acids is 1. The maximum Gasteiger partial charge on any atom is 0.280 e. The van der Waals surface area contributed by atoms with Gasteiger partial charge >= 0.3 is 0 Å². The van der Waals surface area contributed by atoms with E-state index < -0.39 is 0 Å². The molecule has 1 fully saturated rings. The van der Waals surface area contributed by atoms with Crippen molar-refractivity contribution in [2.45, 2.75) is 65.0 Å². The Morgan fingerprint density at radius 1 is 1.25 bits per heavy atom. The predicted molar refractivity (Wildman–Crippen MR) is 111 cm³/mol. The molecule has 1 aliphatic carbocycles.